The van der Waals surface area contributed by atoms with Crippen LogP contribution in [0.15, 0.2) is 18.3 Å². The summed E-state index contributed by atoms with van der Waals surface area (Å²) in [4.78, 5) is 33.8. The second kappa shape index (κ2) is 7.00. The van der Waals surface area contributed by atoms with Crippen molar-refractivity contribution < 1.29 is 14.7 Å². The lowest BCUT2D eigenvalue weighted by molar-refractivity contribution is -0.137. The minimum Gasteiger partial charge on any atom is -0.480 e. The monoisotopic (exact) mass is 343 g/mol. The number of aliphatic carboxylic acids is 1. The summed E-state index contributed by atoms with van der Waals surface area (Å²) in [5, 5.41) is 13.2. The second-order valence-electron chi connectivity index (χ2n) is 6.36. The Hall–Kier alpha value is -2.77. The first-order valence-electron chi connectivity index (χ1n) is 8.29. The molecule has 0 aromatic carbocycles. The van der Waals surface area contributed by atoms with Crippen LogP contribution in [-0.2, 0) is 11.3 Å². The Morgan fingerprint density at radius 2 is 2.12 bits per heavy atom. The second-order valence-corrected chi connectivity index (χ2v) is 6.36. The van der Waals surface area contributed by atoms with Crippen LogP contribution in [0.3, 0.4) is 0 Å². The van der Waals surface area contributed by atoms with E-state index in [0.717, 1.165) is 24.2 Å². The van der Waals surface area contributed by atoms with Crippen molar-refractivity contribution >= 4 is 11.9 Å². The Kier molecular flexibility index (Phi) is 4.78. The molecule has 0 saturated carbocycles. The summed E-state index contributed by atoms with van der Waals surface area (Å²) in [5.74, 6) is -0.325. The van der Waals surface area contributed by atoms with Crippen LogP contribution in [0.2, 0.25) is 0 Å². The van der Waals surface area contributed by atoms with E-state index in [1.165, 1.54) is 4.68 Å². The number of rotatable bonds is 4. The molecule has 2 aromatic heterocycles. The van der Waals surface area contributed by atoms with Gasteiger partial charge < -0.3 is 10.0 Å². The number of piperidine rings is 1. The van der Waals surface area contributed by atoms with Crippen molar-refractivity contribution in [2.75, 3.05) is 13.1 Å². The highest BCUT2D eigenvalue weighted by Crippen LogP contribution is 2.26. The van der Waals surface area contributed by atoms with Crippen LogP contribution < -0.4 is 0 Å². The molecule has 0 radical (unpaired) electrons. The molecule has 132 valence electrons. The number of likely N-dealkylation sites (tertiary alicyclic amines) is 1. The summed E-state index contributed by atoms with van der Waals surface area (Å²) in [6, 6.07) is 3.54. The van der Waals surface area contributed by atoms with Crippen molar-refractivity contribution in [3.63, 3.8) is 0 Å². The topological polar surface area (TPSA) is 101 Å². The first-order valence-corrected chi connectivity index (χ1v) is 8.29. The van der Waals surface area contributed by atoms with Crippen molar-refractivity contribution in [2.24, 2.45) is 0 Å². The Balaban J connectivity index is 1.73. The molecule has 3 heterocycles. The number of hydrogen-bond donors (Lipinski definition) is 1. The number of carboxylic acids is 1. The number of hydrogen-bond acceptors (Lipinski definition) is 5. The fraction of sp³-hybridized carbons (Fsp3) is 0.471. The molecule has 8 nitrogen and oxygen atoms in total. The highest BCUT2D eigenvalue weighted by Gasteiger charge is 2.27. The lowest BCUT2D eigenvalue weighted by Crippen LogP contribution is -2.39. The molecule has 2 aromatic rings. The summed E-state index contributed by atoms with van der Waals surface area (Å²) in [5.41, 5.74) is 2.02. The maximum absolute atomic E-state index is 12.8. The number of aromatic nitrogens is 4. The average Bonchev–Trinajstić information content (AvgIpc) is 3.01. The molecule has 1 aliphatic heterocycles. The van der Waals surface area contributed by atoms with Gasteiger partial charge in [-0.15, -0.1) is 0 Å². The molecule has 1 N–H and O–H groups in total. The van der Waals surface area contributed by atoms with E-state index in [4.69, 9.17) is 5.11 Å². The van der Waals surface area contributed by atoms with Gasteiger partial charge in [-0.3, -0.25) is 14.3 Å². The largest absolute Gasteiger partial charge is 0.480 e. The zero-order chi connectivity index (χ0) is 18.0. The van der Waals surface area contributed by atoms with E-state index < -0.39 is 5.97 Å². The number of carbonyl (C=O) groups is 2. The molecule has 8 heteroatoms. The summed E-state index contributed by atoms with van der Waals surface area (Å²) < 4.78 is 1.41. The Morgan fingerprint density at radius 1 is 1.32 bits per heavy atom. The maximum Gasteiger partial charge on any atom is 0.325 e. The molecule has 0 spiro atoms. The van der Waals surface area contributed by atoms with Crippen molar-refractivity contribution in [2.45, 2.75) is 39.2 Å². The average molecular weight is 343 g/mol. The summed E-state index contributed by atoms with van der Waals surface area (Å²) in [6.45, 7) is 4.71. The van der Waals surface area contributed by atoms with Gasteiger partial charge in [-0.2, -0.15) is 5.10 Å². The fourth-order valence-electron chi connectivity index (χ4n) is 3.21. The van der Waals surface area contributed by atoms with Gasteiger partial charge in [0.15, 0.2) is 0 Å². The standard InChI is InChI=1S/C17H21N5O3/c1-11-8-15(19-12(2)18-11)17(25)21-6-3-4-13(9-21)14-5-7-22(20-14)10-16(23)24/h5,7-8,13H,3-4,6,9-10H2,1-2H3,(H,23,24)/t13-/m0/s1. The highest BCUT2D eigenvalue weighted by atomic mass is 16.4. The number of aryl methyl sites for hydroxylation is 2. The molecule has 0 aliphatic carbocycles. The minimum absolute atomic E-state index is 0.0942. The van der Waals surface area contributed by atoms with Gasteiger partial charge in [-0.25, -0.2) is 9.97 Å². The van der Waals surface area contributed by atoms with Crippen LogP contribution in [0.25, 0.3) is 0 Å². The predicted molar refractivity (Wildman–Crippen MR) is 89.2 cm³/mol. The molecule has 1 saturated heterocycles. The number of carbonyl (C=O) groups excluding carboxylic acids is 1. The minimum atomic E-state index is -0.926. The van der Waals surface area contributed by atoms with E-state index in [0.29, 0.717) is 24.6 Å². The van der Waals surface area contributed by atoms with Gasteiger partial charge in [0.25, 0.3) is 5.91 Å². The van der Waals surface area contributed by atoms with E-state index >= 15 is 0 Å². The van der Waals surface area contributed by atoms with E-state index in [1.54, 1.807) is 24.1 Å². The van der Waals surface area contributed by atoms with Gasteiger partial charge in [0, 0.05) is 30.9 Å². The third-order valence-electron chi connectivity index (χ3n) is 4.27. The van der Waals surface area contributed by atoms with Crippen LogP contribution in [0, 0.1) is 13.8 Å². The Bertz CT molecular complexity index is 781. The van der Waals surface area contributed by atoms with Crippen molar-refractivity contribution in [1.82, 2.24) is 24.6 Å². The van der Waals surface area contributed by atoms with Gasteiger partial charge in [-0.1, -0.05) is 0 Å². The highest BCUT2D eigenvalue weighted by molar-refractivity contribution is 5.92. The van der Waals surface area contributed by atoms with Crippen LogP contribution in [-0.4, -0.2) is 54.7 Å². The van der Waals surface area contributed by atoms with Crippen LogP contribution in [0.4, 0.5) is 0 Å². The lowest BCUT2D eigenvalue weighted by atomic mass is 9.94. The first-order chi connectivity index (χ1) is 11.9. The molecule has 1 aliphatic rings. The van der Waals surface area contributed by atoms with Gasteiger partial charge in [0.05, 0.1) is 5.69 Å². The molecule has 25 heavy (non-hydrogen) atoms. The summed E-state index contributed by atoms with van der Waals surface area (Å²) in [7, 11) is 0. The van der Waals surface area contributed by atoms with E-state index in [-0.39, 0.29) is 18.4 Å². The SMILES string of the molecule is Cc1cc(C(=O)N2CCC[C@H](c3ccn(CC(=O)O)n3)C2)nc(C)n1. The molecular formula is C17H21N5O3. The third kappa shape index (κ3) is 4.01. The molecule has 0 unspecified atom stereocenters. The van der Waals surface area contributed by atoms with Gasteiger partial charge >= 0.3 is 5.97 Å². The van der Waals surface area contributed by atoms with Crippen LogP contribution in [0.1, 0.15) is 46.5 Å². The number of carboxylic acid groups (broad SMARTS) is 1. The zero-order valence-corrected chi connectivity index (χ0v) is 14.3. The van der Waals surface area contributed by atoms with E-state index in [1.807, 2.05) is 13.0 Å². The fourth-order valence-corrected chi connectivity index (χ4v) is 3.21. The molecule has 0 bridgehead atoms. The van der Waals surface area contributed by atoms with Crippen molar-refractivity contribution in [1.29, 1.82) is 0 Å². The number of nitrogens with zero attached hydrogens (tertiary/aromatic N) is 5. The molecule has 1 fully saturated rings. The maximum atomic E-state index is 12.8. The first kappa shape index (κ1) is 17.1. The van der Waals surface area contributed by atoms with E-state index in [2.05, 4.69) is 15.1 Å². The number of amides is 1. The van der Waals surface area contributed by atoms with Crippen molar-refractivity contribution in [3.8, 4) is 0 Å². The summed E-state index contributed by atoms with van der Waals surface area (Å²) >= 11 is 0. The van der Waals surface area contributed by atoms with Crippen molar-refractivity contribution in [3.05, 3.63) is 41.2 Å². The van der Waals surface area contributed by atoms with Gasteiger partial charge in [0.1, 0.15) is 18.1 Å². The third-order valence-corrected chi connectivity index (χ3v) is 4.27. The molecular weight excluding hydrogens is 322 g/mol. The lowest BCUT2D eigenvalue weighted by Gasteiger charge is -2.31. The van der Waals surface area contributed by atoms with Crippen LogP contribution >= 0.6 is 0 Å². The summed E-state index contributed by atoms with van der Waals surface area (Å²) in [6.07, 6.45) is 3.47. The quantitative estimate of drug-likeness (QED) is 0.900. The zero-order valence-electron chi connectivity index (χ0n) is 14.3. The van der Waals surface area contributed by atoms with Gasteiger partial charge in [-0.05, 0) is 38.8 Å². The Labute approximate surface area is 145 Å². The Morgan fingerprint density at radius 3 is 2.84 bits per heavy atom. The predicted octanol–water partition coefficient (Wildman–Crippen LogP) is 1.39. The van der Waals surface area contributed by atoms with Gasteiger partial charge in [0.2, 0.25) is 0 Å². The molecule has 1 atom stereocenters. The smallest absolute Gasteiger partial charge is 0.325 e. The van der Waals surface area contributed by atoms with E-state index in [9.17, 15) is 9.59 Å². The normalized spacial score (nSPS) is 17.5. The van der Waals surface area contributed by atoms with Crippen LogP contribution in [0.5, 0.6) is 0 Å². The molecule has 1 amide bonds. The molecule has 3 rings (SSSR count).